The summed E-state index contributed by atoms with van der Waals surface area (Å²) in [6.45, 7) is 8.74. The number of carbonyl (C=O) groups is 2. The Morgan fingerprint density at radius 2 is 1.63 bits per heavy atom. The first-order chi connectivity index (χ1) is 14.2. The fourth-order valence-corrected chi connectivity index (χ4v) is 2.71. The van der Waals surface area contributed by atoms with Crippen LogP contribution in [0.1, 0.15) is 47.5 Å². The van der Waals surface area contributed by atoms with E-state index in [1.165, 1.54) is 18.1 Å². The van der Waals surface area contributed by atoms with Gasteiger partial charge >= 0.3 is 17.6 Å². The van der Waals surface area contributed by atoms with E-state index in [0.717, 1.165) is 19.8 Å². The molecule has 160 valence electrons. The molecule has 7 heteroatoms. The zero-order valence-corrected chi connectivity index (χ0v) is 17.9. The Morgan fingerprint density at radius 1 is 0.967 bits per heavy atom. The van der Waals surface area contributed by atoms with E-state index in [0.29, 0.717) is 5.75 Å². The lowest BCUT2D eigenvalue weighted by Gasteiger charge is -2.12. The van der Waals surface area contributed by atoms with Gasteiger partial charge in [-0.2, -0.15) is 0 Å². The molecule has 0 amide bonds. The summed E-state index contributed by atoms with van der Waals surface area (Å²) in [6.07, 6.45) is 6.00. The molecule has 2 aromatic rings. The van der Waals surface area contributed by atoms with Crippen LogP contribution in [-0.2, 0) is 9.59 Å². The Hall–Kier alpha value is -3.35. The van der Waals surface area contributed by atoms with Crippen LogP contribution in [0.5, 0.6) is 17.2 Å². The van der Waals surface area contributed by atoms with Crippen molar-refractivity contribution >= 4 is 22.9 Å². The van der Waals surface area contributed by atoms with Crippen LogP contribution in [-0.4, -0.2) is 18.5 Å². The third kappa shape index (κ3) is 6.34. The van der Waals surface area contributed by atoms with Crippen molar-refractivity contribution in [2.24, 2.45) is 0 Å². The third-order valence-electron chi connectivity index (χ3n) is 4.06. The van der Waals surface area contributed by atoms with Crippen molar-refractivity contribution in [1.29, 1.82) is 0 Å². The van der Waals surface area contributed by atoms with Gasteiger partial charge in [-0.1, -0.05) is 23.3 Å². The van der Waals surface area contributed by atoms with E-state index in [1.807, 2.05) is 13.0 Å². The first kappa shape index (κ1) is 22.9. The van der Waals surface area contributed by atoms with Crippen LogP contribution in [0.2, 0.25) is 0 Å². The molecule has 0 saturated heterocycles. The van der Waals surface area contributed by atoms with Gasteiger partial charge in [-0.05, 0) is 51.8 Å². The predicted octanol–water partition coefficient (Wildman–Crippen LogP) is 4.72. The topological polar surface area (TPSA) is 92.0 Å². The molecular formula is C23H26O7. The monoisotopic (exact) mass is 414 g/mol. The molecule has 0 aliphatic rings. The Labute approximate surface area is 174 Å². The summed E-state index contributed by atoms with van der Waals surface area (Å²) >= 11 is 0. The van der Waals surface area contributed by atoms with E-state index in [2.05, 4.69) is 19.9 Å². The first-order valence-corrected chi connectivity index (χ1v) is 9.57. The molecule has 0 N–H and O–H groups in total. The second kappa shape index (κ2) is 10.4. The minimum atomic E-state index is -0.946. The van der Waals surface area contributed by atoms with Crippen molar-refractivity contribution in [3.05, 3.63) is 51.9 Å². The summed E-state index contributed by atoms with van der Waals surface area (Å²) in [5.41, 5.74) is 1.61. The van der Waals surface area contributed by atoms with E-state index in [4.69, 9.17) is 18.6 Å². The molecule has 0 radical (unpaired) electrons. The smallest absolute Gasteiger partial charge is 0.383 e. The van der Waals surface area contributed by atoms with Gasteiger partial charge in [0, 0.05) is 13.8 Å². The molecule has 0 aliphatic heterocycles. The average Bonchev–Trinajstić information content (AvgIpc) is 2.64. The molecule has 0 saturated carbocycles. The van der Waals surface area contributed by atoms with E-state index < -0.39 is 23.3 Å². The number of para-hydroxylation sites is 1. The second-order valence-electron chi connectivity index (χ2n) is 7.05. The Bertz CT molecular complexity index is 1050. The molecule has 1 aromatic carbocycles. The predicted molar refractivity (Wildman–Crippen MR) is 113 cm³/mol. The highest BCUT2D eigenvalue weighted by atomic mass is 16.6. The van der Waals surface area contributed by atoms with Crippen LogP contribution < -0.4 is 19.8 Å². The van der Waals surface area contributed by atoms with Crippen molar-refractivity contribution in [1.82, 2.24) is 0 Å². The van der Waals surface area contributed by atoms with Crippen molar-refractivity contribution in [3.63, 3.8) is 0 Å². The maximum atomic E-state index is 12.4. The Morgan fingerprint density at radius 3 is 2.27 bits per heavy atom. The van der Waals surface area contributed by atoms with Gasteiger partial charge < -0.3 is 18.6 Å². The standard InChI is InChI=1S/C23H26O7/c1-14(2)8-6-9-15(3)12-13-27-19-11-7-10-18-20(19)30-23(26)22(29-17(5)25)21(18)28-16(4)24/h7-8,10-12H,6,9,13H2,1-5H3. The van der Waals surface area contributed by atoms with Crippen LogP contribution in [0.3, 0.4) is 0 Å². The highest BCUT2D eigenvalue weighted by molar-refractivity contribution is 5.92. The number of rotatable bonds is 8. The first-order valence-electron chi connectivity index (χ1n) is 9.57. The molecule has 30 heavy (non-hydrogen) atoms. The quantitative estimate of drug-likeness (QED) is 0.351. The molecule has 0 unspecified atom stereocenters. The van der Waals surface area contributed by atoms with Gasteiger partial charge in [0.1, 0.15) is 6.61 Å². The zero-order chi connectivity index (χ0) is 22.3. The lowest BCUT2D eigenvalue weighted by atomic mass is 10.1. The van der Waals surface area contributed by atoms with Crippen molar-refractivity contribution in [2.75, 3.05) is 6.61 Å². The van der Waals surface area contributed by atoms with Crippen LogP contribution in [0.15, 0.2) is 50.7 Å². The highest BCUT2D eigenvalue weighted by Crippen LogP contribution is 2.37. The van der Waals surface area contributed by atoms with Gasteiger partial charge in [-0.25, -0.2) is 4.79 Å². The number of esters is 2. The molecule has 1 aromatic heterocycles. The van der Waals surface area contributed by atoms with Crippen molar-refractivity contribution < 1.29 is 28.2 Å². The van der Waals surface area contributed by atoms with Crippen LogP contribution in [0, 0.1) is 0 Å². The fourth-order valence-electron chi connectivity index (χ4n) is 2.71. The highest BCUT2D eigenvalue weighted by Gasteiger charge is 2.22. The molecule has 0 spiro atoms. The lowest BCUT2D eigenvalue weighted by Crippen LogP contribution is -2.15. The van der Waals surface area contributed by atoms with E-state index >= 15 is 0 Å². The largest absolute Gasteiger partial charge is 0.486 e. The number of benzene rings is 1. The van der Waals surface area contributed by atoms with E-state index in [1.54, 1.807) is 18.2 Å². The molecule has 0 bridgehead atoms. The van der Waals surface area contributed by atoms with Gasteiger partial charge in [-0.15, -0.1) is 0 Å². The van der Waals surface area contributed by atoms with Crippen LogP contribution in [0.4, 0.5) is 0 Å². The summed E-state index contributed by atoms with van der Waals surface area (Å²) in [6, 6.07) is 4.88. The molecule has 0 atom stereocenters. The number of carbonyl (C=O) groups excluding carboxylic acids is 2. The summed E-state index contributed by atoms with van der Waals surface area (Å²) in [4.78, 5) is 35.2. The summed E-state index contributed by atoms with van der Waals surface area (Å²) < 4.78 is 21.2. The molecule has 0 aliphatic carbocycles. The minimum absolute atomic E-state index is 0.102. The molecule has 1 heterocycles. The average molecular weight is 414 g/mol. The summed E-state index contributed by atoms with van der Waals surface area (Å²) in [5.74, 6) is -1.76. The van der Waals surface area contributed by atoms with Gasteiger partial charge in [0.05, 0.1) is 5.39 Å². The molecule has 2 rings (SSSR count). The van der Waals surface area contributed by atoms with Gasteiger partial charge in [0.25, 0.3) is 5.75 Å². The number of ether oxygens (including phenoxy) is 3. The summed E-state index contributed by atoms with van der Waals surface area (Å²) in [5, 5.41) is 0.280. The van der Waals surface area contributed by atoms with Crippen molar-refractivity contribution in [2.45, 2.75) is 47.5 Å². The molecule has 0 fully saturated rings. The normalized spacial score (nSPS) is 11.2. The Kier molecular flexibility index (Phi) is 7.98. The second-order valence-corrected chi connectivity index (χ2v) is 7.05. The lowest BCUT2D eigenvalue weighted by molar-refractivity contribution is -0.134. The minimum Gasteiger partial charge on any atom is -0.486 e. The molecular weight excluding hydrogens is 388 g/mol. The SMILES string of the molecule is CC(=O)Oc1c(OC(C)=O)c2cccc(OCC=C(C)CCC=C(C)C)c2oc1=O. The van der Waals surface area contributed by atoms with Crippen molar-refractivity contribution in [3.8, 4) is 17.2 Å². The van der Waals surface area contributed by atoms with Gasteiger partial charge in [0.2, 0.25) is 0 Å². The maximum Gasteiger partial charge on any atom is 0.383 e. The zero-order valence-electron chi connectivity index (χ0n) is 17.9. The third-order valence-corrected chi connectivity index (χ3v) is 4.06. The van der Waals surface area contributed by atoms with E-state index in [9.17, 15) is 14.4 Å². The van der Waals surface area contributed by atoms with E-state index in [-0.39, 0.29) is 23.3 Å². The van der Waals surface area contributed by atoms with Crippen LogP contribution in [0.25, 0.3) is 11.0 Å². The Balaban J connectivity index is 2.35. The molecule has 7 nitrogen and oxygen atoms in total. The number of fused-ring (bicyclic) bond motifs is 1. The number of allylic oxidation sites excluding steroid dienone is 3. The fraction of sp³-hybridized carbons (Fsp3) is 0.348. The number of hydrogen-bond acceptors (Lipinski definition) is 7. The summed E-state index contributed by atoms with van der Waals surface area (Å²) in [7, 11) is 0. The maximum absolute atomic E-state index is 12.4. The number of hydrogen-bond donors (Lipinski definition) is 0. The van der Waals surface area contributed by atoms with Gasteiger partial charge in [-0.3, -0.25) is 9.59 Å². The van der Waals surface area contributed by atoms with Gasteiger partial charge in [0.15, 0.2) is 17.1 Å². The van der Waals surface area contributed by atoms with Crippen LogP contribution >= 0.6 is 0 Å².